The van der Waals surface area contributed by atoms with Crippen LogP contribution < -0.4 is 10.7 Å². The lowest BCUT2D eigenvalue weighted by atomic mass is 10.1. The van der Waals surface area contributed by atoms with Gasteiger partial charge in [0.05, 0.1) is 6.21 Å². The number of hydrogen-bond donors (Lipinski definition) is 2. The van der Waals surface area contributed by atoms with Crippen LogP contribution in [0.2, 0.25) is 0 Å². The molecule has 0 spiro atoms. The quantitative estimate of drug-likeness (QED) is 0.325. The highest BCUT2D eigenvalue weighted by Gasteiger charge is 2.14. The van der Waals surface area contributed by atoms with Gasteiger partial charge in [-0.15, -0.1) is 0 Å². The number of nitrogens with zero attached hydrogens (tertiary/aromatic N) is 1. The predicted molar refractivity (Wildman–Crippen MR) is 112 cm³/mol. The summed E-state index contributed by atoms with van der Waals surface area (Å²) in [6.45, 7) is 0. The van der Waals surface area contributed by atoms with Crippen molar-refractivity contribution in [3.05, 3.63) is 90.5 Å². The molecule has 0 aliphatic rings. The fraction of sp³-hybridized carbons (Fsp3) is 0. The number of benzene rings is 4. The number of anilines is 1. The highest BCUT2D eigenvalue weighted by Crippen LogP contribution is 2.22. The second-order valence-electron chi connectivity index (χ2n) is 6.25. The van der Waals surface area contributed by atoms with Crippen LogP contribution >= 0.6 is 0 Å². The number of carbonyl (C=O) groups is 2. The summed E-state index contributed by atoms with van der Waals surface area (Å²) in [4.78, 5) is 24.3. The van der Waals surface area contributed by atoms with E-state index in [9.17, 15) is 9.59 Å². The number of rotatable bonds is 3. The van der Waals surface area contributed by atoms with Crippen LogP contribution in [0, 0.1) is 0 Å². The van der Waals surface area contributed by atoms with Crippen molar-refractivity contribution in [3.63, 3.8) is 0 Å². The zero-order valence-corrected chi connectivity index (χ0v) is 14.9. The summed E-state index contributed by atoms with van der Waals surface area (Å²) < 4.78 is 0. The lowest BCUT2D eigenvalue weighted by Gasteiger charge is -2.07. The van der Waals surface area contributed by atoms with E-state index in [1.807, 2.05) is 78.9 Å². The van der Waals surface area contributed by atoms with Crippen molar-refractivity contribution in [1.29, 1.82) is 0 Å². The Balaban J connectivity index is 1.46. The van der Waals surface area contributed by atoms with Gasteiger partial charge in [-0.05, 0) is 22.2 Å². The number of hydrazone groups is 1. The van der Waals surface area contributed by atoms with E-state index in [4.69, 9.17) is 0 Å². The van der Waals surface area contributed by atoms with Crippen LogP contribution in [0.3, 0.4) is 0 Å². The van der Waals surface area contributed by atoms with Crippen LogP contribution in [0.1, 0.15) is 5.56 Å². The Bertz CT molecular complexity index is 1200. The zero-order chi connectivity index (χ0) is 19.3. The van der Waals surface area contributed by atoms with Crippen molar-refractivity contribution >= 4 is 45.3 Å². The van der Waals surface area contributed by atoms with Gasteiger partial charge in [0.15, 0.2) is 0 Å². The minimum Gasteiger partial charge on any atom is -0.317 e. The number of fused-ring (bicyclic) bond motifs is 2. The number of hydrogen-bond acceptors (Lipinski definition) is 3. The van der Waals surface area contributed by atoms with Gasteiger partial charge in [0.1, 0.15) is 0 Å². The molecule has 0 radical (unpaired) electrons. The lowest BCUT2D eigenvalue weighted by molar-refractivity contribution is -0.136. The minimum atomic E-state index is -0.829. The molecule has 0 aliphatic heterocycles. The van der Waals surface area contributed by atoms with Gasteiger partial charge in [0, 0.05) is 16.6 Å². The first-order valence-electron chi connectivity index (χ1n) is 8.82. The van der Waals surface area contributed by atoms with Gasteiger partial charge in [-0.2, -0.15) is 5.10 Å². The zero-order valence-electron chi connectivity index (χ0n) is 14.9. The third-order valence-corrected chi connectivity index (χ3v) is 4.44. The van der Waals surface area contributed by atoms with Crippen LogP contribution in [-0.4, -0.2) is 18.0 Å². The molecule has 5 heteroatoms. The van der Waals surface area contributed by atoms with Gasteiger partial charge in [-0.1, -0.05) is 78.9 Å². The molecule has 0 heterocycles. The van der Waals surface area contributed by atoms with Crippen molar-refractivity contribution in [2.45, 2.75) is 0 Å². The van der Waals surface area contributed by atoms with Gasteiger partial charge in [-0.3, -0.25) is 9.59 Å². The molecule has 0 aliphatic carbocycles. The van der Waals surface area contributed by atoms with Crippen LogP contribution in [0.4, 0.5) is 5.69 Å². The van der Waals surface area contributed by atoms with E-state index in [0.29, 0.717) is 5.69 Å². The molecule has 0 aromatic heterocycles. The minimum absolute atomic E-state index is 0.580. The standard InChI is InChI=1S/C23H17N3O2/c27-22(25-21-14-6-10-17-8-2-4-13-20(17)21)23(28)26-24-15-18-11-5-9-16-7-1-3-12-19(16)18/h1-15H,(H,25,27)(H,26,28)/b24-15+. The summed E-state index contributed by atoms with van der Waals surface area (Å²) in [5.41, 5.74) is 3.72. The number of amides is 2. The Hall–Kier alpha value is -3.99. The molecule has 0 saturated carbocycles. The highest BCUT2D eigenvalue weighted by molar-refractivity contribution is 6.40. The summed E-state index contributed by atoms with van der Waals surface area (Å²) in [6, 6.07) is 26.9. The lowest BCUT2D eigenvalue weighted by Crippen LogP contribution is -2.32. The molecule has 2 amide bonds. The molecule has 136 valence electrons. The van der Waals surface area contributed by atoms with E-state index in [1.54, 1.807) is 6.07 Å². The van der Waals surface area contributed by atoms with Crippen LogP contribution in [-0.2, 0) is 9.59 Å². The number of carbonyl (C=O) groups excluding carboxylic acids is 2. The maximum absolute atomic E-state index is 12.2. The first-order valence-corrected chi connectivity index (χ1v) is 8.82. The van der Waals surface area contributed by atoms with Gasteiger partial charge < -0.3 is 5.32 Å². The smallest absolute Gasteiger partial charge is 0.317 e. The molecule has 4 rings (SSSR count). The largest absolute Gasteiger partial charge is 0.329 e. The third-order valence-electron chi connectivity index (χ3n) is 4.44. The molecule has 0 bridgehead atoms. The molecule has 4 aromatic rings. The Morgan fingerprint density at radius 2 is 1.29 bits per heavy atom. The Morgan fingerprint density at radius 1 is 0.679 bits per heavy atom. The van der Waals surface area contributed by atoms with E-state index < -0.39 is 11.8 Å². The Kier molecular flexibility index (Phi) is 4.80. The van der Waals surface area contributed by atoms with E-state index in [2.05, 4.69) is 15.8 Å². The van der Waals surface area contributed by atoms with Crippen molar-refractivity contribution in [2.75, 3.05) is 5.32 Å². The fourth-order valence-electron chi connectivity index (χ4n) is 3.09. The molecule has 28 heavy (non-hydrogen) atoms. The molecule has 0 atom stereocenters. The Morgan fingerprint density at radius 3 is 2.07 bits per heavy atom. The summed E-state index contributed by atoms with van der Waals surface area (Å²) >= 11 is 0. The van der Waals surface area contributed by atoms with Gasteiger partial charge >= 0.3 is 11.8 Å². The maximum atomic E-state index is 12.2. The van der Waals surface area contributed by atoms with Crippen molar-refractivity contribution in [3.8, 4) is 0 Å². The molecular formula is C23H17N3O2. The highest BCUT2D eigenvalue weighted by atomic mass is 16.2. The summed E-state index contributed by atoms with van der Waals surface area (Å²) in [5, 5.41) is 10.5. The van der Waals surface area contributed by atoms with Gasteiger partial charge in [-0.25, -0.2) is 5.43 Å². The number of nitrogens with one attached hydrogen (secondary N) is 2. The average molecular weight is 367 g/mol. The third kappa shape index (κ3) is 3.59. The SMILES string of the molecule is O=C(N/N=C/c1cccc2ccccc12)C(=O)Nc1cccc2ccccc12. The first kappa shape index (κ1) is 17.4. The van der Waals surface area contributed by atoms with E-state index in [0.717, 1.165) is 27.1 Å². The summed E-state index contributed by atoms with van der Waals surface area (Å²) in [7, 11) is 0. The van der Waals surface area contributed by atoms with Crippen molar-refractivity contribution in [2.24, 2.45) is 5.10 Å². The summed E-state index contributed by atoms with van der Waals surface area (Å²) in [5.74, 6) is -1.60. The van der Waals surface area contributed by atoms with Crippen molar-refractivity contribution < 1.29 is 9.59 Å². The van der Waals surface area contributed by atoms with Crippen molar-refractivity contribution in [1.82, 2.24) is 5.43 Å². The molecule has 2 N–H and O–H groups in total. The topological polar surface area (TPSA) is 70.6 Å². The fourth-order valence-corrected chi connectivity index (χ4v) is 3.09. The van der Waals surface area contributed by atoms with Crippen LogP contribution in [0.15, 0.2) is 90.0 Å². The predicted octanol–water partition coefficient (Wildman–Crippen LogP) is 4.08. The van der Waals surface area contributed by atoms with Gasteiger partial charge in [0.2, 0.25) is 0 Å². The molecule has 0 unspecified atom stereocenters. The van der Waals surface area contributed by atoms with E-state index in [-0.39, 0.29) is 0 Å². The maximum Gasteiger partial charge on any atom is 0.329 e. The molecule has 0 fully saturated rings. The van der Waals surface area contributed by atoms with Crippen LogP contribution in [0.5, 0.6) is 0 Å². The van der Waals surface area contributed by atoms with E-state index >= 15 is 0 Å². The Labute approximate surface area is 161 Å². The van der Waals surface area contributed by atoms with Crippen LogP contribution in [0.25, 0.3) is 21.5 Å². The summed E-state index contributed by atoms with van der Waals surface area (Å²) in [6.07, 6.45) is 1.53. The van der Waals surface area contributed by atoms with E-state index in [1.165, 1.54) is 6.21 Å². The second-order valence-corrected chi connectivity index (χ2v) is 6.25. The molecule has 5 nitrogen and oxygen atoms in total. The molecule has 4 aromatic carbocycles. The van der Waals surface area contributed by atoms with Gasteiger partial charge in [0.25, 0.3) is 0 Å². The molecule has 0 saturated heterocycles. The normalized spacial score (nSPS) is 11.0. The average Bonchev–Trinajstić information content (AvgIpc) is 2.74. The molecular weight excluding hydrogens is 350 g/mol. The monoisotopic (exact) mass is 367 g/mol. The first-order chi connectivity index (χ1) is 13.7. The second kappa shape index (κ2) is 7.72.